The van der Waals surface area contributed by atoms with Crippen molar-refractivity contribution >= 4 is 11.6 Å². The van der Waals surface area contributed by atoms with Crippen LogP contribution in [0.5, 0.6) is 0 Å². The molecule has 20 heavy (non-hydrogen) atoms. The Morgan fingerprint density at radius 2 is 1.85 bits per heavy atom. The zero-order valence-corrected chi connectivity index (χ0v) is 13.6. The molecule has 2 fully saturated rings. The lowest BCUT2D eigenvalue weighted by Gasteiger charge is -2.54. The Morgan fingerprint density at radius 3 is 2.40 bits per heavy atom. The smallest absolute Gasteiger partial charge is 0.0444 e. The van der Waals surface area contributed by atoms with Gasteiger partial charge >= 0.3 is 0 Å². The van der Waals surface area contributed by atoms with E-state index in [4.69, 9.17) is 11.6 Å². The van der Waals surface area contributed by atoms with Crippen LogP contribution in [0, 0.1) is 11.3 Å². The van der Waals surface area contributed by atoms with Crippen LogP contribution < -0.4 is 5.32 Å². The molecule has 0 bridgehead atoms. The summed E-state index contributed by atoms with van der Waals surface area (Å²) in [5, 5.41) is 4.68. The third kappa shape index (κ3) is 2.76. The van der Waals surface area contributed by atoms with Crippen molar-refractivity contribution in [3.05, 3.63) is 34.9 Å². The van der Waals surface area contributed by atoms with Crippen LogP contribution in [0.25, 0.3) is 0 Å². The fraction of sp³-hybridized carbons (Fsp3) is 0.667. The first-order valence-corrected chi connectivity index (χ1v) is 8.27. The monoisotopic (exact) mass is 291 g/mol. The Hall–Kier alpha value is -0.530. The van der Waals surface area contributed by atoms with E-state index < -0.39 is 0 Å². The van der Waals surface area contributed by atoms with E-state index in [9.17, 15) is 0 Å². The summed E-state index contributed by atoms with van der Waals surface area (Å²) < 4.78 is 0. The van der Waals surface area contributed by atoms with Crippen molar-refractivity contribution in [2.24, 2.45) is 11.3 Å². The molecule has 2 heteroatoms. The minimum absolute atomic E-state index is 0.263. The first-order valence-electron chi connectivity index (χ1n) is 7.89. The highest BCUT2D eigenvalue weighted by atomic mass is 35.5. The number of hydrogen-bond donors (Lipinski definition) is 1. The van der Waals surface area contributed by atoms with Crippen LogP contribution in [0.15, 0.2) is 24.3 Å². The van der Waals surface area contributed by atoms with Crippen LogP contribution in [-0.4, -0.2) is 12.6 Å². The zero-order chi connectivity index (χ0) is 14.4. The molecule has 2 saturated carbocycles. The van der Waals surface area contributed by atoms with E-state index in [-0.39, 0.29) is 5.41 Å². The van der Waals surface area contributed by atoms with Gasteiger partial charge in [-0.3, -0.25) is 0 Å². The molecular formula is C18H26ClN. The molecule has 1 aromatic rings. The molecule has 0 amide bonds. The first kappa shape index (κ1) is 14.4. The van der Waals surface area contributed by atoms with Gasteiger partial charge in [0.1, 0.15) is 0 Å². The van der Waals surface area contributed by atoms with Gasteiger partial charge in [-0.2, -0.15) is 0 Å². The van der Waals surface area contributed by atoms with Gasteiger partial charge < -0.3 is 5.32 Å². The minimum atomic E-state index is 0.263. The van der Waals surface area contributed by atoms with Crippen molar-refractivity contribution in [3.63, 3.8) is 0 Å². The first-order chi connectivity index (χ1) is 9.41. The molecule has 3 rings (SSSR count). The summed E-state index contributed by atoms with van der Waals surface area (Å²) in [5.74, 6) is 0.805. The standard InChI is InChI=1S/C18H26ClN/c1-17(2,3)13-10-18(11-13,12-20-14-8-9-14)15-6-4-5-7-16(15)19/h4-7,13-14,20H,8-12H2,1-3H3. The Morgan fingerprint density at radius 1 is 1.20 bits per heavy atom. The van der Waals surface area contributed by atoms with Gasteiger partial charge in [-0.05, 0) is 48.6 Å². The molecule has 1 aromatic carbocycles. The minimum Gasteiger partial charge on any atom is -0.313 e. The molecule has 0 aliphatic heterocycles. The van der Waals surface area contributed by atoms with E-state index >= 15 is 0 Å². The van der Waals surface area contributed by atoms with Crippen molar-refractivity contribution in [2.75, 3.05) is 6.54 Å². The van der Waals surface area contributed by atoms with Crippen molar-refractivity contribution in [3.8, 4) is 0 Å². The van der Waals surface area contributed by atoms with Crippen LogP contribution in [0.1, 0.15) is 52.0 Å². The number of rotatable bonds is 4. The summed E-state index contributed by atoms with van der Waals surface area (Å²) in [6.45, 7) is 8.18. The van der Waals surface area contributed by atoms with Crippen LogP contribution >= 0.6 is 11.6 Å². The van der Waals surface area contributed by atoms with Crippen molar-refractivity contribution in [1.29, 1.82) is 0 Å². The van der Waals surface area contributed by atoms with E-state index in [0.29, 0.717) is 5.41 Å². The quantitative estimate of drug-likeness (QED) is 0.841. The molecule has 110 valence electrons. The fourth-order valence-electron chi connectivity index (χ4n) is 3.47. The van der Waals surface area contributed by atoms with Crippen LogP contribution in [0.4, 0.5) is 0 Å². The third-order valence-electron chi connectivity index (χ3n) is 5.25. The van der Waals surface area contributed by atoms with Crippen molar-refractivity contribution < 1.29 is 0 Å². The second-order valence-electron chi connectivity index (χ2n) is 7.89. The molecule has 2 aliphatic rings. The number of hydrogen-bond acceptors (Lipinski definition) is 1. The topological polar surface area (TPSA) is 12.0 Å². The summed E-state index contributed by atoms with van der Waals surface area (Å²) in [7, 11) is 0. The number of benzene rings is 1. The molecular weight excluding hydrogens is 266 g/mol. The van der Waals surface area contributed by atoms with E-state index in [1.54, 1.807) is 0 Å². The Labute approximate surface area is 128 Å². The van der Waals surface area contributed by atoms with Gasteiger partial charge in [0.25, 0.3) is 0 Å². The van der Waals surface area contributed by atoms with Crippen LogP contribution in [0.3, 0.4) is 0 Å². The van der Waals surface area contributed by atoms with E-state index in [1.807, 2.05) is 12.1 Å². The zero-order valence-electron chi connectivity index (χ0n) is 12.9. The molecule has 2 aliphatic carbocycles. The van der Waals surface area contributed by atoms with Gasteiger partial charge in [-0.1, -0.05) is 50.6 Å². The average Bonchev–Trinajstić information content (AvgIpc) is 3.12. The maximum atomic E-state index is 6.49. The van der Waals surface area contributed by atoms with Crippen LogP contribution in [0.2, 0.25) is 5.02 Å². The Bertz CT molecular complexity index is 478. The summed E-state index contributed by atoms with van der Waals surface area (Å²) in [6.07, 6.45) is 5.22. The average molecular weight is 292 g/mol. The lowest BCUT2D eigenvalue weighted by Crippen LogP contribution is -2.52. The summed E-state index contributed by atoms with van der Waals surface area (Å²) in [5.41, 5.74) is 2.03. The molecule has 0 saturated heterocycles. The Kier molecular flexibility index (Phi) is 3.63. The van der Waals surface area contributed by atoms with Crippen molar-refractivity contribution in [1.82, 2.24) is 5.32 Å². The van der Waals surface area contributed by atoms with E-state index in [0.717, 1.165) is 23.5 Å². The van der Waals surface area contributed by atoms with Gasteiger partial charge in [0.15, 0.2) is 0 Å². The molecule has 0 radical (unpaired) electrons. The summed E-state index contributed by atoms with van der Waals surface area (Å²) in [6, 6.07) is 9.21. The lowest BCUT2D eigenvalue weighted by atomic mass is 9.52. The van der Waals surface area contributed by atoms with Gasteiger partial charge in [0.05, 0.1) is 0 Å². The second-order valence-corrected chi connectivity index (χ2v) is 8.29. The molecule has 0 heterocycles. The highest BCUT2D eigenvalue weighted by molar-refractivity contribution is 6.31. The van der Waals surface area contributed by atoms with E-state index in [2.05, 4.69) is 38.2 Å². The molecule has 0 unspecified atom stereocenters. The van der Waals surface area contributed by atoms with Gasteiger partial charge in [-0.25, -0.2) is 0 Å². The summed E-state index contributed by atoms with van der Waals surface area (Å²) in [4.78, 5) is 0. The molecule has 0 spiro atoms. The number of nitrogens with one attached hydrogen (secondary N) is 1. The molecule has 0 atom stereocenters. The summed E-state index contributed by atoms with van der Waals surface area (Å²) >= 11 is 6.49. The maximum absolute atomic E-state index is 6.49. The third-order valence-corrected chi connectivity index (χ3v) is 5.58. The predicted molar refractivity (Wildman–Crippen MR) is 86.3 cm³/mol. The maximum Gasteiger partial charge on any atom is 0.0444 e. The normalized spacial score (nSPS) is 30.1. The fourth-order valence-corrected chi connectivity index (χ4v) is 3.81. The van der Waals surface area contributed by atoms with Gasteiger partial charge in [0.2, 0.25) is 0 Å². The molecule has 1 N–H and O–H groups in total. The highest BCUT2D eigenvalue weighted by Gasteiger charge is 2.50. The van der Waals surface area contributed by atoms with Crippen molar-refractivity contribution in [2.45, 2.75) is 57.9 Å². The predicted octanol–water partition coefficient (Wildman–Crippen LogP) is 4.79. The molecule has 1 nitrogen and oxygen atoms in total. The second kappa shape index (κ2) is 5.03. The SMILES string of the molecule is CC(C)(C)C1CC(CNC2CC2)(c2ccccc2Cl)C1. The Balaban J connectivity index is 1.80. The highest BCUT2D eigenvalue weighted by Crippen LogP contribution is 2.55. The number of halogens is 1. The van der Waals surface area contributed by atoms with Gasteiger partial charge in [0, 0.05) is 23.0 Å². The van der Waals surface area contributed by atoms with Gasteiger partial charge in [-0.15, -0.1) is 0 Å². The van der Waals surface area contributed by atoms with E-state index in [1.165, 1.54) is 31.2 Å². The molecule has 0 aromatic heterocycles. The van der Waals surface area contributed by atoms with Crippen LogP contribution in [-0.2, 0) is 5.41 Å². The lowest BCUT2D eigenvalue weighted by molar-refractivity contribution is 0.0447. The largest absolute Gasteiger partial charge is 0.313 e.